The number of hydrogen-bond acceptors (Lipinski definition) is 2. The van der Waals surface area contributed by atoms with Crippen LogP contribution in [0.25, 0.3) is 0 Å². The molecule has 60 valence electrons. The van der Waals surface area contributed by atoms with E-state index in [0.29, 0.717) is 0 Å². The first-order chi connectivity index (χ1) is 5.15. The molecule has 1 rings (SSSR count). The molecule has 4 heteroatoms. The molecule has 0 heterocycles. The van der Waals surface area contributed by atoms with E-state index in [2.05, 4.69) is 5.43 Å². The van der Waals surface area contributed by atoms with E-state index in [-0.39, 0.29) is 11.3 Å². The summed E-state index contributed by atoms with van der Waals surface area (Å²) in [5, 5.41) is 0. The van der Waals surface area contributed by atoms with Crippen molar-refractivity contribution in [1.82, 2.24) is 0 Å². The fourth-order valence-corrected chi connectivity index (χ4v) is 0.729. The van der Waals surface area contributed by atoms with Crippen molar-refractivity contribution in [3.63, 3.8) is 0 Å². The van der Waals surface area contributed by atoms with Crippen LogP contribution in [-0.2, 0) is 0 Å². The predicted octanol–water partition coefficient (Wildman–Crippen LogP) is 1.56. The molecular weight excluding hydrogens is 150 g/mol. The lowest BCUT2D eigenvalue weighted by Crippen LogP contribution is -2.07. The van der Waals surface area contributed by atoms with Crippen LogP contribution in [0.15, 0.2) is 12.1 Å². The van der Waals surface area contributed by atoms with E-state index < -0.39 is 11.6 Å². The van der Waals surface area contributed by atoms with Gasteiger partial charge in [-0.2, -0.15) is 0 Å². The molecule has 0 amide bonds. The molecule has 0 spiro atoms. The maximum absolute atomic E-state index is 12.7. The Morgan fingerprint density at radius 3 is 2.09 bits per heavy atom. The van der Waals surface area contributed by atoms with Crippen LogP contribution < -0.4 is 11.3 Å². The number of nitrogens with two attached hydrogens (primary N) is 1. The monoisotopic (exact) mass is 158 g/mol. The fourth-order valence-electron chi connectivity index (χ4n) is 0.729. The third-order valence-corrected chi connectivity index (χ3v) is 1.45. The summed E-state index contributed by atoms with van der Waals surface area (Å²) in [5.74, 6) is 3.76. The summed E-state index contributed by atoms with van der Waals surface area (Å²) in [6.07, 6.45) is 0. The zero-order valence-electron chi connectivity index (χ0n) is 5.99. The molecule has 1 aromatic carbocycles. The van der Waals surface area contributed by atoms with Crippen molar-refractivity contribution < 1.29 is 8.78 Å². The lowest BCUT2D eigenvalue weighted by Gasteiger charge is -2.02. The second-order valence-corrected chi connectivity index (χ2v) is 2.21. The first-order valence-corrected chi connectivity index (χ1v) is 3.07. The third-order valence-electron chi connectivity index (χ3n) is 1.45. The van der Waals surface area contributed by atoms with Crippen molar-refractivity contribution in [2.75, 3.05) is 5.43 Å². The van der Waals surface area contributed by atoms with Crippen molar-refractivity contribution in [2.45, 2.75) is 6.92 Å². The fraction of sp³-hybridized carbons (Fsp3) is 0.143. The lowest BCUT2D eigenvalue weighted by molar-refractivity contribution is 0.569. The average molecular weight is 158 g/mol. The minimum Gasteiger partial charge on any atom is -0.324 e. The smallest absolute Gasteiger partial charge is 0.131 e. The van der Waals surface area contributed by atoms with Gasteiger partial charge in [-0.25, -0.2) is 8.78 Å². The Morgan fingerprint density at radius 1 is 1.27 bits per heavy atom. The number of anilines is 1. The van der Waals surface area contributed by atoms with Gasteiger partial charge in [0, 0.05) is 5.56 Å². The molecule has 0 saturated heterocycles. The molecular formula is C7H8F2N2. The molecule has 0 unspecified atom stereocenters. The molecule has 11 heavy (non-hydrogen) atoms. The molecule has 0 fully saturated rings. The summed E-state index contributed by atoms with van der Waals surface area (Å²) in [6, 6.07) is 2.27. The van der Waals surface area contributed by atoms with Gasteiger partial charge in [-0.1, -0.05) is 0 Å². The Bertz CT molecular complexity index is 250. The molecule has 1 aromatic rings. The van der Waals surface area contributed by atoms with Crippen molar-refractivity contribution in [3.8, 4) is 0 Å². The van der Waals surface area contributed by atoms with E-state index in [1.165, 1.54) is 6.92 Å². The van der Waals surface area contributed by atoms with Crippen LogP contribution in [0.2, 0.25) is 0 Å². The van der Waals surface area contributed by atoms with Crippen LogP contribution in [-0.4, -0.2) is 0 Å². The van der Waals surface area contributed by atoms with E-state index >= 15 is 0 Å². The minimum absolute atomic E-state index is 0.00370. The lowest BCUT2D eigenvalue weighted by atomic mass is 10.2. The highest BCUT2D eigenvalue weighted by Crippen LogP contribution is 2.16. The molecule has 2 nitrogen and oxygen atoms in total. The van der Waals surface area contributed by atoms with Crippen molar-refractivity contribution in [3.05, 3.63) is 29.3 Å². The van der Waals surface area contributed by atoms with Crippen LogP contribution in [0.5, 0.6) is 0 Å². The first kappa shape index (κ1) is 7.94. The molecule has 0 atom stereocenters. The maximum Gasteiger partial charge on any atom is 0.131 e. The quantitative estimate of drug-likeness (QED) is 0.480. The van der Waals surface area contributed by atoms with E-state index in [9.17, 15) is 8.78 Å². The molecule has 0 aromatic heterocycles. The number of hydrazine groups is 1. The predicted molar refractivity (Wildman–Crippen MR) is 38.9 cm³/mol. The van der Waals surface area contributed by atoms with E-state index in [4.69, 9.17) is 5.84 Å². The van der Waals surface area contributed by atoms with Gasteiger partial charge in [0.05, 0.1) is 5.69 Å². The van der Waals surface area contributed by atoms with Gasteiger partial charge >= 0.3 is 0 Å². The second kappa shape index (κ2) is 2.84. The van der Waals surface area contributed by atoms with Gasteiger partial charge in [-0.3, -0.25) is 5.84 Å². The number of hydrogen-bond donors (Lipinski definition) is 2. The third kappa shape index (κ3) is 1.46. The standard InChI is InChI=1S/C7H8F2N2/c1-4-6(8)2-5(11-10)3-7(4)9/h2-3,11H,10H2,1H3. The van der Waals surface area contributed by atoms with Gasteiger partial charge in [-0.15, -0.1) is 0 Å². The highest BCUT2D eigenvalue weighted by Gasteiger charge is 2.04. The molecule has 0 radical (unpaired) electrons. The summed E-state index contributed by atoms with van der Waals surface area (Å²) < 4.78 is 25.4. The largest absolute Gasteiger partial charge is 0.324 e. The van der Waals surface area contributed by atoms with Crippen molar-refractivity contribution >= 4 is 5.69 Å². The summed E-state index contributed by atoms with van der Waals surface area (Å²) in [4.78, 5) is 0. The van der Waals surface area contributed by atoms with Crippen LogP contribution in [0.1, 0.15) is 5.56 Å². The van der Waals surface area contributed by atoms with Gasteiger partial charge in [0.25, 0.3) is 0 Å². The maximum atomic E-state index is 12.7. The Hall–Kier alpha value is -1.16. The number of rotatable bonds is 1. The zero-order chi connectivity index (χ0) is 8.43. The van der Waals surface area contributed by atoms with Crippen LogP contribution in [0.3, 0.4) is 0 Å². The Labute approximate surface area is 63.0 Å². The van der Waals surface area contributed by atoms with E-state index in [1.807, 2.05) is 0 Å². The van der Waals surface area contributed by atoms with Crippen molar-refractivity contribution in [2.24, 2.45) is 5.84 Å². The van der Waals surface area contributed by atoms with Gasteiger partial charge in [0.15, 0.2) is 0 Å². The highest BCUT2D eigenvalue weighted by molar-refractivity contribution is 5.44. The van der Waals surface area contributed by atoms with Gasteiger partial charge < -0.3 is 5.43 Å². The summed E-state index contributed by atoms with van der Waals surface area (Å²) in [7, 11) is 0. The van der Waals surface area contributed by atoms with Gasteiger partial charge in [0.1, 0.15) is 11.6 Å². The summed E-state index contributed by atoms with van der Waals surface area (Å²) >= 11 is 0. The Balaban J connectivity index is 3.21. The minimum atomic E-state index is -0.599. The average Bonchev–Trinajstić information content (AvgIpc) is 1.99. The topological polar surface area (TPSA) is 38.0 Å². The van der Waals surface area contributed by atoms with Crippen LogP contribution >= 0.6 is 0 Å². The molecule has 0 aliphatic rings. The zero-order valence-corrected chi connectivity index (χ0v) is 5.99. The van der Waals surface area contributed by atoms with E-state index in [0.717, 1.165) is 12.1 Å². The normalized spacial score (nSPS) is 9.82. The number of benzene rings is 1. The molecule has 0 saturated carbocycles. The van der Waals surface area contributed by atoms with Crippen LogP contribution in [0, 0.1) is 18.6 Å². The van der Waals surface area contributed by atoms with Crippen molar-refractivity contribution in [1.29, 1.82) is 0 Å². The molecule has 0 aliphatic carbocycles. The van der Waals surface area contributed by atoms with Gasteiger partial charge in [0.2, 0.25) is 0 Å². The second-order valence-electron chi connectivity index (χ2n) is 2.21. The first-order valence-electron chi connectivity index (χ1n) is 3.07. The molecule has 0 bridgehead atoms. The SMILES string of the molecule is Cc1c(F)cc(NN)cc1F. The van der Waals surface area contributed by atoms with Gasteiger partial charge in [-0.05, 0) is 19.1 Å². The highest BCUT2D eigenvalue weighted by atomic mass is 19.1. The Morgan fingerprint density at radius 2 is 1.73 bits per heavy atom. The number of halogens is 2. The summed E-state index contributed by atoms with van der Waals surface area (Å²) in [5.41, 5.74) is 2.39. The van der Waals surface area contributed by atoms with E-state index in [1.54, 1.807) is 0 Å². The molecule has 0 aliphatic heterocycles. The summed E-state index contributed by atoms with van der Waals surface area (Å²) in [6.45, 7) is 1.37. The van der Waals surface area contributed by atoms with Crippen LogP contribution in [0.4, 0.5) is 14.5 Å². The number of nitrogen functional groups attached to an aromatic ring is 1. The Kier molecular flexibility index (Phi) is 2.05. The number of nitrogens with one attached hydrogen (secondary N) is 1. The molecule has 3 N–H and O–H groups in total.